The first kappa shape index (κ1) is 12.8. The normalized spacial score (nSPS) is 12.7. The van der Waals surface area contributed by atoms with Crippen LogP contribution in [0.2, 0.25) is 9.36 Å². The van der Waals surface area contributed by atoms with E-state index in [-0.39, 0.29) is 11.1 Å². The molecule has 5 heteroatoms. The molecule has 0 aliphatic heterocycles. The second kappa shape index (κ2) is 5.36. The maximum atomic E-state index is 13.1. The first-order chi connectivity index (χ1) is 8.11. The van der Waals surface area contributed by atoms with Gasteiger partial charge in [-0.15, -0.1) is 11.3 Å². The van der Waals surface area contributed by atoms with Gasteiger partial charge in [0.1, 0.15) is 5.82 Å². The highest BCUT2D eigenvalue weighted by atomic mass is 35.5. The average Bonchev–Trinajstić information content (AvgIpc) is 2.71. The monoisotopic (exact) mass is 289 g/mol. The van der Waals surface area contributed by atoms with Gasteiger partial charge in [0, 0.05) is 4.88 Å². The highest BCUT2D eigenvalue weighted by molar-refractivity contribution is 7.16. The van der Waals surface area contributed by atoms with Crippen molar-refractivity contribution in [1.29, 1.82) is 0 Å². The summed E-state index contributed by atoms with van der Waals surface area (Å²) in [5.74, 6) is -0.408. The fourth-order valence-corrected chi connectivity index (χ4v) is 3.04. The fourth-order valence-electron chi connectivity index (χ4n) is 1.65. The second-order valence-electron chi connectivity index (χ2n) is 3.54. The van der Waals surface area contributed by atoms with Crippen molar-refractivity contribution in [3.05, 3.63) is 55.9 Å². The molecule has 90 valence electrons. The molecule has 0 spiro atoms. The van der Waals surface area contributed by atoms with Crippen molar-refractivity contribution in [2.75, 3.05) is 7.05 Å². The van der Waals surface area contributed by atoms with E-state index in [2.05, 4.69) is 5.32 Å². The van der Waals surface area contributed by atoms with Gasteiger partial charge in [0.25, 0.3) is 0 Å². The summed E-state index contributed by atoms with van der Waals surface area (Å²) in [4.78, 5) is 1.07. The molecule has 1 heterocycles. The van der Waals surface area contributed by atoms with Crippen molar-refractivity contribution in [3.8, 4) is 0 Å². The van der Waals surface area contributed by atoms with Crippen LogP contribution in [-0.2, 0) is 0 Å². The highest BCUT2D eigenvalue weighted by Crippen LogP contribution is 2.32. The topological polar surface area (TPSA) is 12.0 Å². The van der Waals surface area contributed by atoms with Crippen LogP contribution in [0.3, 0.4) is 0 Å². The van der Waals surface area contributed by atoms with Crippen molar-refractivity contribution in [1.82, 2.24) is 5.32 Å². The van der Waals surface area contributed by atoms with Crippen LogP contribution in [-0.4, -0.2) is 7.05 Å². The number of hydrogen-bond acceptors (Lipinski definition) is 2. The summed E-state index contributed by atoms with van der Waals surface area (Å²) < 4.78 is 13.8. The smallest absolute Gasteiger partial charge is 0.141 e. The van der Waals surface area contributed by atoms with Gasteiger partial charge in [-0.3, -0.25) is 0 Å². The summed E-state index contributed by atoms with van der Waals surface area (Å²) >= 11 is 13.2. The predicted octanol–water partition coefficient (Wildman–Crippen LogP) is 4.50. The maximum absolute atomic E-state index is 13.1. The minimum Gasteiger partial charge on any atom is -0.309 e. The highest BCUT2D eigenvalue weighted by Gasteiger charge is 2.15. The fraction of sp³-hybridized carbons (Fsp3) is 0.167. The van der Waals surface area contributed by atoms with Crippen LogP contribution >= 0.6 is 34.5 Å². The summed E-state index contributed by atoms with van der Waals surface area (Å²) in [5, 5.41) is 3.30. The third-order valence-corrected chi connectivity index (χ3v) is 4.03. The standard InChI is InChI=1S/C12H10Cl2FNS/c1-16-12(10-4-5-11(14)17-10)7-2-3-9(15)8(13)6-7/h2-6,12,16H,1H3. The number of rotatable bonds is 3. The predicted molar refractivity (Wildman–Crippen MR) is 71.6 cm³/mol. The Hall–Kier alpha value is -0.610. The number of hydrogen-bond donors (Lipinski definition) is 1. The Morgan fingerprint density at radius 1 is 1.24 bits per heavy atom. The van der Waals surface area contributed by atoms with Gasteiger partial charge in [-0.05, 0) is 36.9 Å². The van der Waals surface area contributed by atoms with Gasteiger partial charge in [0.15, 0.2) is 0 Å². The Bertz CT molecular complexity index is 527. The zero-order chi connectivity index (χ0) is 12.4. The van der Waals surface area contributed by atoms with Gasteiger partial charge in [0.05, 0.1) is 15.4 Å². The summed E-state index contributed by atoms with van der Waals surface area (Å²) in [5.41, 5.74) is 0.914. The molecule has 0 radical (unpaired) electrons. The number of halogens is 3. The number of thiophene rings is 1. The Balaban J connectivity index is 2.38. The minimum atomic E-state index is -0.408. The number of nitrogens with one attached hydrogen (secondary N) is 1. The summed E-state index contributed by atoms with van der Waals surface area (Å²) in [6.45, 7) is 0. The Morgan fingerprint density at radius 2 is 2.00 bits per heavy atom. The molecule has 0 saturated carbocycles. The second-order valence-corrected chi connectivity index (χ2v) is 5.69. The van der Waals surface area contributed by atoms with E-state index < -0.39 is 5.82 Å². The molecule has 1 atom stereocenters. The lowest BCUT2D eigenvalue weighted by Gasteiger charge is -2.15. The largest absolute Gasteiger partial charge is 0.309 e. The van der Waals surface area contributed by atoms with Crippen molar-refractivity contribution in [2.24, 2.45) is 0 Å². The molecule has 0 saturated heterocycles. The molecule has 0 bridgehead atoms. The molecule has 1 aromatic heterocycles. The van der Waals surface area contributed by atoms with Gasteiger partial charge in [-0.2, -0.15) is 0 Å². The van der Waals surface area contributed by atoms with E-state index in [0.717, 1.165) is 14.8 Å². The van der Waals surface area contributed by atoms with E-state index in [1.807, 2.05) is 19.2 Å². The first-order valence-electron chi connectivity index (χ1n) is 4.99. The van der Waals surface area contributed by atoms with Gasteiger partial charge < -0.3 is 5.32 Å². The Labute approximate surface area is 113 Å². The molecule has 1 N–H and O–H groups in total. The summed E-state index contributed by atoms with van der Waals surface area (Å²) in [6, 6.07) is 8.49. The molecule has 0 aliphatic rings. The van der Waals surface area contributed by atoms with Crippen molar-refractivity contribution >= 4 is 34.5 Å². The molecular weight excluding hydrogens is 280 g/mol. The molecule has 0 aliphatic carbocycles. The van der Waals surface area contributed by atoms with Crippen LogP contribution in [0.4, 0.5) is 4.39 Å². The molecule has 17 heavy (non-hydrogen) atoms. The molecule has 1 aromatic carbocycles. The SMILES string of the molecule is CNC(c1ccc(F)c(Cl)c1)c1ccc(Cl)s1. The molecule has 2 rings (SSSR count). The van der Waals surface area contributed by atoms with E-state index in [1.54, 1.807) is 12.1 Å². The van der Waals surface area contributed by atoms with Crippen LogP contribution in [0, 0.1) is 5.82 Å². The van der Waals surface area contributed by atoms with Crippen LogP contribution in [0.15, 0.2) is 30.3 Å². The zero-order valence-electron chi connectivity index (χ0n) is 9.01. The third kappa shape index (κ3) is 2.80. The Morgan fingerprint density at radius 3 is 2.53 bits per heavy atom. The van der Waals surface area contributed by atoms with Crippen molar-refractivity contribution in [2.45, 2.75) is 6.04 Å². The summed E-state index contributed by atoms with van der Waals surface area (Å²) in [7, 11) is 1.84. The minimum absolute atomic E-state index is 0.0226. The van der Waals surface area contributed by atoms with Gasteiger partial charge in [-0.25, -0.2) is 4.39 Å². The average molecular weight is 290 g/mol. The molecule has 0 fully saturated rings. The van der Waals surface area contributed by atoms with Gasteiger partial charge in [0.2, 0.25) is 0 Å². The van der Waals surface area contributed by atoms with E-state index in [9.17, 15) is 4.39 Å². The zero-order valence-corrected chi connectivity index (χ0v) is 11.3. The summed E-state index contributed by atoms with van der Waals surface area (Å²) in [6.07, 6.45) is 0. The Kier molecular flexibility index (Phi) is 4.05. The van der Waals surface area contributed by atoms with Gasteiger partial charge >= 0.3 is 0 Å². The molecule has 1 nitrogen and oxygen atoms in total. The van der Waals surface area contributed by atoms with E-state index in [1.165, 1.54) is 17.4 Å². The molecule has 0 amide bonds. The maximum Gasteiger partial charge on any atom is 0.141 e. The van der Waals surface area contributed by atoms with Crippen LogP contribution in [0.1, 0.15) is 16.5 Å². The van der Waals surface area contributed by atoms with Crippen LogP contribution in [0.25, 0.3) is 0 Å². The number of benzene rings is 1. The molecular formula is C12H10Cl2FNS. The van der Waals surface area contributed by atoms with Crippen LogP contribution in [0.5, 0.6) is 0 Å². The van der Waals surface area contributed by atoms with Crippen LogP contribution < -0.4 is 5.32 Å². The lowest BCUT2D eigenvalue weighted by atomic mass is 10.1. The van der Waals surface area contributed by atoms with Crippen molar-refractivity contribution < 1.29 is 4.39 Å². The third-order valence-electron chi connectivity index (χ3n) is 2.44. The van der Waals surface area contributed by atoms with E-state index in [4.69, 9.17) is 23.2 Å². The van der Waals surface area contributed by atoms with Crippen molar-refractivity contribution in [3.63, 3.8) is 0 Å². The lowest BCUT2D eigenvalue weighted by molar-refractivity contribution is 0.624. The van der Waals surface area contributed by atoms with E-state index >= 15 is 0 Å². The van der Waals surface area contributed by atoms with E-state index in [0.29, 0.717) is 0 Å². The molecule has 2 aromatic rings. The van der Waals surface area contributed by atoms with Gasteiger partial charge in [-0.1, -0.05) is 29.3 Å². The lowest BCUT2D eigenvalue weighted by Crippen LogP contribution is -2.16. The quantitative estimate of drug-likeness (QED) is 0.877. The first-order valence-corrected chi connectivity index (χ1v) is 6.56. The molecule has 1 unspecified atom stereocenters.